The van der Waals surface area contributed by atoms with Crippen LogP contribution < -0.4 is 10.1 Å². The minimum Gasteiger partial charge on any atom is -0.493 e. The third-order valence-electron chi connectivity index (χ3n) is 5.89. The van der Waals surface area contributed by atoms with Crippen molar-refractivity contribution in [2.24, 2.45) is 5.92 Å². The van der Waals surface area contributed by atoms with Crippen LogP contribution in [-0.4, -0.2) is 57.2 Å². The van der Waals surface area contributed by atoms with Gasteiger partial charge in [0.25, 0.3) is 0 Å². The minimum atomic E-state index is -3.15. The molecule has 1 aromatic carbocycles. The number of benzene rings is 1. The van der Waals surface area contributed by atoms with Crippen LogP contribution in [0, 0.1) is 5.92 Å². The van der Waals surface area contributed by atoms with Crippen molar-refractivity contribution >= 4 is 22.2 Å². The molecule has 2 aliphatic rings. The molecule has 1 saturated heterocycles. The zero-order valence-corrected chi connectivity index (χ0v) is 18.9. The fraction of sp³-hybridized carbons (Fsp3) is 0.714. The second-order valence-corrected chi connectivity index (χ2v) is 10.3. The number of piperidine rings is 1. The summed E-state index contributed by atoms with van der Waals surface area (Å²) in [6.45, 7) is 7.72. The van der Waals surface area contributed by atoms with Crippen molar-refractivity contribution in [3.63, 3.8) is 0 Å². The van der Waals surface area contributed by atoms with Gasteiger partial charge in [0.05, 0.1) is 6.61 Å². The highest BCUT2D eigenvalue weighted by Gasteiger charge is 2.37. The molecule has 7 heteroatoms. The lowest BCUT2D eigenvalue weighted by Gasteiger charge is -2.41. The Morgan fingerprint density at radius 3 is 2.64 bits per heavy atom. The Hall–Kier alpha value is -0.820. The predicted octanol–water partition coefficient (Wildman–Crippen LogP) is 3.06. The first kappa shape index (κ1) is 23.5. The molecule has 0 amide bonds. The van der Waals surface area contributed by atoms with E-state index >= 15 is 0 Å². The molecule has 5 nitrogen and oxygen atoms in total. The van der Waals surface area contributed by atoms with Crippen molar-refractivity contribution in [3.8, 4) is 5.75 Å². The first-order valence-electron chi connectivity index (χ1n) is 10.3. The molecule has 0 aromatic heterocycles. The van der Waals surface area contributed by atoms with Gasteiger partial charge in [0, 0.05) is 18.7 Å². The van der Waals surface area contributed by atoms with Gasteiger partial charge in [-0.15, -0.1) is 12.4 Å². The monoisotopic (exact) mass is 430 g/mol. The van der Waals surface area contributed by atoms with E-state index in [1.807, 2.05) is 0 Å². The summed E-state index contributed by atoms with van der Waals surface area (Å²) in [4.78, 5) is 2.26. The van der Waals surface area contributed by atoms with Crippen molar-refractivity contribution in [2.45, 2.75) is 57.4 Å². The molecule has 28 heavy (non-hydrogen) atoms. The largest absolute Gasteiger partial charge is 0.493 e. The Bertz CT molecular complexity index is 735. The molecule has 0 spiro atoms. The molecule has 2 atom stereocenters. The normalized spacial score (nSPS) is 19.6. The summed E-state index contributed by atoms with van der Waals surface area (Å²) in [5.74, 6) is 1.21. The topological polar surface area (TPSA) is 58.6 Å². The summed E-state index contributed by atoms with van der Waals surface area (Å²) < 4.78 is 31.2. The van der Waals surface area contributed by atoms with Crippen LogP contribution in [0.4, 0.5) is 0 Å². The molecule has 2 aliphatic heterocycles. The van der Waals surface area contributed by atoms with E-state index in [1.54, 1.807) is 0 Å². The first-order chi connectivity index (χ1) is 12.9. The lowest BCUT2D eigenvalue weighted by molar-refractivity contribution is 0.131. The third-order valence-corrected chi connectivity index (χ3v) is 7.42. The summed E-state index contributed by atoms with van der Waals surface area (Å²) in [5.41, 5.74) is 2.55. The van der Waals surface area contributed by atoms with Gasteiger partial charge in [-0.2, -0.15) is 0 Å². The molecule has 0 radical (unpaired) electrons. The molecule has 2 unspecified atom stereocenters. The number of ether oxygens (including phenoxy) is 1. The van der Waals surface area contributed by atoms with Crippen LogP contribution in [-0.2, 0) is 22.7 Å². The Morgan fingerprint density at radius 2 is 2.00 bits per heavy atom. The van der Waals surface area contributed by atoms with Gasteiger partial charge in [-0.3, -0.25) is 4.90 Å². The van der Waals surface area contributed by atoms with E-state index in [4.69, 9.17) is 4.74 Å². The van der Waals surface area contributed by atoms with Crippen molar-refractivity contribution in [1.29, 1.82) is 0 Å². The number of sulfone groups is 1. The molecule has 0 aliphatic carbocycles. The van der Waals surface area contributed by atoms with Gasteiger partial charge in [0.15, 0.2) is 9.84 Å². The van der Waals surface area contributed by atoms with Crippen LogP contribution in [0.25, 0.3) is 0 Å². The summed E-state index contributed by atoms with van der Waals surface area (Å²) >= 11 is 0. The molecular formula is C21H35ClN2O3S. The Morgan fingerprint density at radius 1 is 1.29 bits per heavy atom. The Balaban J connectivity index is 0.00000280. The number of nitrogens with zero attached hydrogens (tertiary/aromatic N) is 1. The molecule has 2 heterocycles. The fourth-order valence-corrected chi connectivity index (χ4v) is 6.45. The van der Waals surface area contributed by atoms with E-state index in [0.29, 0.717) is 0 Å². The van der Waals surface area contributed by atoms with Gasteiger partial charge in [-0.1, -0.05) is 19.1 Å². The molecule has 160 valence electrons. The third kappa shape index (κ3) is 5.62. The Labute approximate surface area is 176 Å². The highest BCUT2D eigenvalue weighted by Crippen LogP contribution is 2.30. The van der Waals surface area contributed by atoms with E-state index in [-0.39, 0.29) is 29.7 Å². The molecular weight excluding hydrogens is 396 g/mol. The SMILES string of the molecule is CCCN(C(C)Cc1ccc2c(c1)CCO2)C(C1CCNCC1)S(C)(=O)=O.Cl. The first-order valence-corrected chi connectivity index (χ1v) is 12.3. The lowest BCUT2D eigenvalue weighted by atomic mass is 9.95. The highest BCUT2D eigenvalue weighted by atomic mass is 35.5. The number of halogens is 1. The summed E-state index contributed by atoms with van der Waals surface area (Å²) in [6.07, 6.45) is 6.07. The molecule has 1 fully saturated rings. The van der Waals surface area contributed by atoms with Crippen LogP contribution in [0.3, 0.4) is 0 Å². The van der Waals surface area contributed by atoms with E-state index < -0.39 is 9.84 Å². The van der Waals surface area contributed by atoms with Gasteiger partial charge >= 0.3 is 0 Å². The second kappa shape index (κ2) is 10.3. The molecule has 3 rings (SSSR count). The average molecular weight is 431 g/mol. The van der Waals surface area contributed by atoms with Crippen LogP contribution in [0.2, 0.25) is 0 Å². The zero-order chi connectivity index (χ0) is 19.4. The number of rotatable bonds is 8. The molecule has 1 N–H and O–H groups in total. The predicted molar refractivity (Wildman–Crippen MR) is 117 cm³/mol. The molecule has 0 bridgehead atoms. The highest BCUT2D eigenvalue weighted by molar-refractivity contribution is 7.91. The van der Waals surface area contributed by atoms with E-state index in [9.17, 15) is 8.42 Å². The van der Waals surface area contributed by atoms with E-state index in [2.05, 4.69) is 42.3 Å². The maximum Gasteiger partial charge on any atom is 0.163 e. The van der Waals surface area contributed by atoms with Gasteiger partial charge < -0.3 is 10.1 Å². The second-order valence-electron chi connectivity index (χ2n) is 8.14. The van der Waals surface area contributed by atoms with Crippen molar-refractivity contribution in [2.75, 3.05) is 32.5 Å². The standard InChI is InChI=1S/C21H34N2O3S.ClH/c1-4-12-23(21(27(3,24)25)18-7-10-22-11-8-18)16(2)14-17-5-6-20-19(15-17)9-13-26-20;/h5-6,15-16,18,21-22H,4,7-14H2,1-3H3;1H. The van der Waals surface area contributed by atoms with Crippen LogP contribution >= 0.6 is 12.4 Å². The van der Waals surface area contributed by atoms with Crippen molar-refractivity contribution in [3.05, 3.63) is 29.3 Å². The number of hydrogen-bond acceptors (Lipinski definition) is 5. The van der Waals surface area contributed by atoms with Crippen molar-refractivity contribution in [1.82, 2.24) is 10.2 Å². The Kier molecular flexibility index (Phi) is 8.61. The zero-order valence-electron chi connectivity index (χ0n) is 17.3. The number of nitrogens with one attached hydrogen (secondary N) is 1. The molecule has 1 aromatic rings. The quantitative estimate of drug-likeness (QED) is 0.686. The van der Waals surface area contributed by atoms with Gasteiger partial charge in [-0.25, -0.2) is 8.42 Å². The van der Waals surface area contributed by atoms with Crippen molar-refractivity contribution < 1.29 is 13.2 Å². The maximum absolute atomic E-state index is 12.8. The smallest absolute Gasteiger partial charge is 0.163 e. The average Bonchev–Trinajstić information content (AvgIpc) is 3.09. The van der Waals surface area contributed by atoms with Crippen LogP contribution in [0.5, 0.6) is 5.75 Å². The fourth-order valence-electron chi connectivity index (χ4n) is 4.68. The lowest BCUT2D eigenvalue weighted by Crippen LogP contribution is -2.52. The van der Waals surface area contributed by atoms with Gasteiger partial charge in [0.1, 0.15) is 11.1 Å². The van der Waals surface area contributed by atoms with Crippen LogP contribution in [0.15, 0.2) is 18.2 Å². The summed E-state index contributed by atoms with van der Waals surface area (Å²) in [6, 6.07) is 6.61. The van der Waals surface area contributed by atoms with Crippen LogP contribution in [0.1, 0.15) is 44.2 Å². The van der Waals surface area contributed by atoms with Gasteiger partial charge in [0.2, 0.25) is 0 Å². The molecule has 0 saturated carbocycles. The number of hydrogen-bond donors (Lipinski definition) is 1. The summed E-state index contributed by atoms with van der Waals surface area (Å²) in [5, 5.41) is 2.98. The van der Waals surface area contributed by atoms with E-state index in [0.717, 1.165) is 64.1 Å². The van der Waals surface area contributed by atoms with E-state index in [1.165, 1.54) is 17.4 Å². The number of fused-ring (bicyclic) bond motifs is 1. The maximum atomic E-state index is 12.8. The summed E-state index contributed by atoms with van der Waals surface area (Å²) in [7, 11) is -3.15. The minimum absolute atomic E-state index is 0. The van der Waals surface area contributed by atoms with Gasteiger partial charge in [-0.05, 0) is 75.4 Å².